The number of rotatable bonds is 6. The number of anilines is 1. The molecule has 3 aromatic carbocycles. The van der Waals surface area contributed by atoms with Gasteiger partial charge in [0.1, 0.15) is 18.2 Å². The molecule has 0 saturated carbocycles. The smallest absolute Gasteiger partial charge is 0.165 e. The van der Waals surface area contributed by atoms with Gasteiger partial charge in [-0.2, -0.15) is 9.61 Å². The van der Waals surface area contributed by atoms with Gasteiger partial charge >= 0.3 is 0 Å². The first kappa shape index (κ1) is 23.8. The maximum Gasteiger partial charge on any atom is 0.165 e. The zero-order valence-electron chi connectivity index (χ0n) is 21.2. The first-order valence-corrected chi connectivity index (χ1v) is 13.2. The second-order valence-electron chi connectivity index (χ2n) is 9.59. The fourth-order valence-corrected chi connectivity index (χ4v) is 5.47. The maximum atomic E-state index is 6.55. The number of hydrogen-bond acceptors (Lipinski definition) is 5. The fourth-order valence-electron chi connectivity index (χ4n) is 5.24. The van der Waals surface area contributed by atoms with E-state index in [9.17, 15) is 0 Å². The van der Waals surface area contributed by atoms with E-state index in [0.717, 1.165) is 77.8 Å². The van der Waals surface area contributed by atoms with E-state index < -0.39 is 0 Å². The highest BCUT2D eigenvalue weighted by atomic mass is 35.5. The average Bonchev–Trinajstić information content (AvgIpc) is 3.24. The van der Waals surface area contributed by atoms with Crippen LogP contribution in [-0.2, 0) is 0 Å². The lowest BCUT2D eigenvalue weighted by Crippen LogP contribution is -2.48. The molecule has 1 fully saturated rings. The summed E-state index contributed by atoms with van der Waals surface area (Å²) in [4.78, 5) is 9.74. The number of ether oxygens (including phenoxy) is 1. The molecule has 1 saturated heterocycles. The summed E-state index contributed by atoms with van der Waals surface area (Å²) in [6.07, 6.45) is 0. The van der Waals surface area contributed by atoms with E-state index in [1.165, 1.54) is 5.39 Å². The predicted molar refractivity (Wildman–Crippen MR) is 151 cm³/mol. The molecule has 3 heterocycles. The van der Waals surface area contributed by atoms with Gasteiger partial charge in [0.05, 0.1) is 11.3 Å². The molecule has 0 unspecified atom stereocenters. The van der Waals surface area contributed by atoms with E-state index in [0.29, 0.717) is 11.6 Å². The summed E-state index contributed by atoms with van der Waals surface area (Å²) in [5.74, 6) is 2.03. The third-order valence-corrected chi connectivity index (χ3v) is 7.46. The van der Waals surface area contributed by atoms with E-state index in [4.69, 9.17) is 26.4 Å². The van der Waals surface area contributed by atoms with E-state index in [-0.39, 0.29) is 0 Å². The summed E-state index contributed by atoms with van der Waals surface area (Å²) in [6.45, 7) is 9.44. The molecule has 1 aliphatic heterocycles. The van der Waals surface area contributed by atoms with Crippen LogP contribution in [-0.4, -0.2) is 58.8 Å². The maximum absolute atomic E-state index is 6.55. The Kier molecular flexibility index (Phi) is 6.45. The van der Waals surface area contributed by atoms with Crippen LogP contribution in [0.1, 0.15) is 11.4 Å². The van der Waals surface area contributed by atoms with Crippen molar-refractivity contribution in [3.8, 4) is 16.9 Å². The van der Waals surface area contributed by atoms with Crippen LogP contribution in [0.25, 0.3) is 27.5 Å². The minimum absolute atomic E-state index is 0.673. The molecule has 0 spiro atoms. The predicted octanol–water partition coefficient (Wildman–Crippen LogP) is 6.02. The lowest BCUT2D eigenvalue weighted by atomic mass is 10.1. The van der Waals surface area contributed by atoms with Crippen molar-refractivity contribution in [3.63, 3.8) is 0 Å². The summed E-state index contributed by atoms with van der Waals surface area (Å²) in [7, 11) is 0. The normalized spacial score (nSPS) is 14.5. The molecule has 0 atom stereocenters. The van der Waals surface area contributed by atoms with Crippen LogP contribution in [0, 0.1) is 13.8 Å². The van der Waals surface area contributed by atoms with Crippen molar-refractivity contribution in [2.24, 2.45) is 0 Å². The van der Waals surface area contributed by atoms with Crippen LogP contribution in [0.4, 0.5) is 5.82 Å². The van der Waals surface area contributed by atoms with Gasteiger partial charge in [-0.1, -0.05) is 66.2 Å². The van der Waals surface area contributed by atoms with Gasteiger partial charge in [-0.05, 0) is 31.4 Å². The molecule has 2 aromatic heterocycles. The van der Waals surface area contributed by atoms with Crippen LogP contribution in [0.3, 0.4) is 0 Å². The lowest BCUT2D eigenvalue weighted by molar-refractivity contribution is 0.201. The summed E-state index contributed by atoms with van der Waals surface area (Å²) >= 11 is 6.55. The number of piperazine rings is 1. The van der Waals surface area contributed by atoms with Gasteiger partial charge in [-0.15, -0.1) is 0 Å². The molecule has 1 aliphatic rings. The van der Waals surface area contributed by atoms with Crippen molar-refractivity contribution in [2.45, 2.75) is 13.8 Å². The Morgan fingerprint density at radius 1 is 0.892 bits per heavy atom. The highest BCUT2D eigenvalue weighted by Crippen LogP contribution is 2.34. The number of benzene rings is 3. The average molecular weight is 512 g/mol. The summed E-state index contributed by atoms with van der Waals surface area (Å²) in [6, 6.07) is 24.6. The van der Waals surface area contributed by atoms with Crippen molar-refractivity contribution >= 4 is 33.8 Å². The minimum Gasteiger partial charge on any atom is -0.492 e. The minimum atomic E-state index is 0.673. The van der Waals surface area contributed by atoms with Gasteiger partial charge in [0.25, 0.3) is 0 Å². The Labute approximate surface area is 222 Å². The van der Waals surface area contributed by atoms with Crippen molar-refractivity contribution < 1.29 is 4.74 Å². The molecule has 0 bridgehead atoms. The standard InChI is InChI=1S/C30H30ClN5O/c1-21-20-28(36-30(32-21)29(22(2)33-36)25-11-5-6-12-26(25)31)35-16-14-34(15-17-35)18-19-37-27-13-7-9-23-8-3-4-10-24(23)27/h3-13,20H,14-19H2,1-2H3. The number of halogens is 1. The van der Waals surface area contributed by atoms with Crippen molar-refractivity contribution in [2.75, 3.05) is 44.2 Å². The second kappa shape index (κ2) is 10.0. The van der Waals surface area contributed by atoms with Crippen LogP contribution in [0.5, 0.6) is 5.75 Å². The molecule has 0 aliphatic carbocycles. The van der Waals surface area contributed by atoms with Gasteiger partial charge < -0.3 is 9.64 Å². The zero-order valence-corrected chi connectivity index (χ0v) is 21.9. The van der Waals surface area contributed by atoms with E-state index in [2.05, 4.69) is 58.3 Å². The number of fused-ring (bicyclic) bond motifs is 2. The van der Waals surface area contributed by atoms with E-state index in [1.807, 2.05) is 42.6 Å². The molecular formula is C30H30ClN5O. The summed E-state index contributed by atoms with van der Waals surface area (Å²) in [5, 5.41) is 7.98. The highest BCUT2D eigenvalue weighted by Gasteiger charge is 2.23. The first-order valence-electron chi connectivity index (χ1n) is 12.8. The quantitative estimate of drug-likeness (QED) is 0.279. The van der Waals surface area contributed by atoms with Crippen LogP contribution in [0.15, 0.2) is 72.8 Å². The SMILES string of the molecule is Cc1cc(N2CCN(CCOc3cccc4ccccc34)CC2)n2nc(C)c(-c3ccccc3Cl)c2n1. The van der Waals surface area contributed by atoms with Crippen molar-refractivity contribution in [3.05, 3.63) is 89.2 Å². The monoisotopic (exact) mass is 511 g/mol. The van der Waals surface area contributed by atoms with Gasteiger partial charge in [-0.25, -0.2) is 4.98 Å². The lowest BCUT2D eigenvalue weighted by Gasteiger charge is -2.36. The molecule has 6 rings (SSSR count). The van der Waals surface area contributed by atoms with Gasteiger partial charge in [0.15, 0.2) is 5.65 Å². The summed E-state index contributed by atoms with van der Waals surface area (Å²) in [5.41, 5.74) is 4.72. The zero-order chi connectivity index (χ0) is 25.4. The van der Waals surface area contributed by atoms with Crippen LogP contribution in [0.2, 0.25) is 5.02 Å². The molecule has 5 aromatic rings. The van der Waals surface area contributed by atoms with E-state index >= 15 is 0 Å². The Morgan fingerprint density at radius 2 is 1.65 bits per heavy atom. The first-order chi connectivity index (χ1) is 18.1. The molecule has 188 valence electrons. The molecule has 0 amide bonds. The molecule has 0 radical (unpaired) electrons. The van der Waals surface area contributed by atoms with Gasteiger partial charge in [0.2, 0.25) is 0 Å². The fraction of sp³-hybridized carbons (Fsp3) is 0.267. The Hall–Kier alpha value is -3.61. The number of hydrogen-bond donors (Lipinski definition) is 0. The van der Waals surface area contributed by atoms with Crippen LogP contribution >= 0.6 is 11.6 Å². The Bertz CT molecular complexity index is 1570. The van der Waals surface area contributed by atoms with Gasteiger partial charge in [0, 0.05) is 60.5 Å². The molecule has 6 nitrogen and oxygen atoms in total. The number of aromatic nitrogens is 3. The molecule has 0 N–H and O–H groups in total. The second-order valence-corrected chi connectivity index (χ2v) is 9.99. The Balaban J connectivity index is 1.16. The Morgan fingerprint density at radius 3 is 2.49 bits per heavy atom. The largest absolute Gasteiger partial charge is 0.492 e. The topological polar surface area (TPSA) is 45.9 Å². The van der Waals surface area contributed by atoms with Crippen LogP contribution < -0.4 is 9.64 Å². The highest BCUT2D eigenvalue weighted by molar-refractivity contribution is 6.33. The van der Waals surface area contributed by atoms with Crippen molar-refractivity contribution in [1.82, 2.24) is 19.5 Å². The molecular weight excluding hydrogens is 482 g/mol. The third kappa shape index (κ3) is 4.63. The van der Waals surface area contributed by atoms with E-state index in [1.54, 1.807) is 0 Å². The number of aryl methyl sites for hydroxylation is 2. The number of nitrogens with zero attached hydrogens (tertiary/aromatic N) is 5. The molecule has 37 heavy (non-hydrogen) atoms. The van der Waals surface area contributed by atoms with Crippen molar-refractivity contribution in [1.29, 1.82) is 0 Å². The third-order valence-electron chi connectivity index (χ3n) is 7.13. The van der Waals surface area contributed by atoms with Gasteiger partial charge in [-0.3, -0.25) is 4.90 Å². The summed E-state index contributed by atoms with van der Waals surface area (Å²) < 4.78 is 8.17. The molecule has 7 heteroatoms.